The van der Waals surface area contributed by atoms with Crippen molar-refractivity contribution in [1.82, 2.24) is 0 Å². The SMILES string of the molecule is N/C=C\C=C/CCC/C(=C\CCS)c1ccccc1. The first-order valence-corrected chi connectivity index (χ1v) is 7.40. The Morgan fingerprint density at radius 1 is 1.11 bits per heavy atom. The Bertz CT molecular complexity index is 418. The molecule has 0 heterocycles. The van der Waals surface area contributed by atoms with Crippen molar-refractivity contribution >= 4 is 18.2 Å². The van der Waals surface area contributed by atoms with Crippen LogP contribution in [0.3, 0.4) is 0 Å². The van der Waals surface area contributed by atoms with E-state index >= 15 is 0 Å². The van der Waals surface area contributed by atoms with Crippen LogP contribution in [0.25, 0.3) is 5.57 Å². The zero-order valence-electron chi connectivity index (χ0n) is 11.3. The van der Waals surface area contributed by atoms with Gasteiger partial charge in [-0.25, -0.2) is 0 Å². The van der Waals surface area contributed by atoms with Crippen LogP contribution in [0.5, 0.6) is 0 Å². The molecule has 2 N–H and O–H groups in total. The lowest BCUT2D eigenvalue weighted by Gasteiger charge is -2.07. The topological polar surface area (TPSA) is 26.0 Å². The van der Waals surface area contributed by atoms with Crippen LogP contribution in [-0.2, 0) is 0 Å². The van der Waals surface area contributed by atoms with Crippen molar-refractivity contribution in [1.29, 1.82) is 0 Å². The minimum absolute atomic E-state index is 0.900. The van der Waals surface area contributed by atoms with E-state index in [1.165, 1.54) is 11.1 Å². The first kappa shape index (κ1) is 15.6. The zero-order valence-corrected chi connectivity index (χ0v) is 12.2. The molecule has 0 radical (unpaired) electrons. The smallest absolute Gasteiger partial charge is 0.00625 e. The molecule has 2 heteroatoms. The number of unbranched alkanes of at least 4 members (excludes halogenated alkanes) is 1. The van der Waals surface area contributed by atoms with E-state index < -0.39 is 0 Å². The van der Waals surface area contributed by atoms with Gasteiger partial charge in [-0.2, -0.15) is 12.6 Å². The first-order chi connectivity index (χ1) is 9.38. The molecule has 1 nitrogen and oxygen atoms in total. The molecule has 0 amide bonds. The van der Waals surface area contributed by atoms with Crippen LogP contribution in [0.15, 0.2) is 60.8 Å². The van der Waals surface area contributed by atoms with Crippen LogP contribution in [0.1, 0.15) is 31.2 Å². The Labute approximate surface area is 122 Å². The molecule has 19 heavy (non-hydrogen) atoms. The van der Waals surface area contributed by atoms with Crippen molar-refractivity contribution in [2.45, 2.75) is 25.7 Å². The largest absolute Gasteiger partial charge is 0.405 e. The fraction of sp³-hybridized carbons (Fsp3) is 0.294. The van der Waals surface area contributed by atoms with E-state index in [1.807, 2.05) is 12.2 Å². The summed E-state index contributed by atoms with van der Waals surface area (Å²) in [5, 5.41) is 0. The number of nitrogens with two attached hydrogens (primary N) is 1. The molecule has 0 unspecified atom stereocenters. The Balaban J connectivity index is 2.52. The molecule has 1 aromatic carbocycles. The Morgan fingerprint density at radius 3 is 2.58 bits per heavy atom. The number of benzene rings is 1. The van der Waals surface area contributed by atoms with Gasteiger partial charge in [-0.1, -0.05) is 48.6 Å². The molecule has 0 saturated heterocycles. The molecular formula is C17H23NS. The number of thiol groups is 1. The molecule has 0 aliphatic carbocycles. The molecule has 0 spiro atoms. The fourth-order valence-corrected chi connectivity index (χ4v) is 2.03. The van der Waals surface area contributed by atoms with Crippen LogP contribution in [-0.4, -0.2) is 5.75 Å². The van der Waals surface area contributed by atoms with E-state index in [1.54, 1.807) is 6.20 Å². The highest BCUT2D eigenvalue weighted by Gasteiger charge is 2.00. The molecule has 0 aliphatic rings. The maximum Gasteiger partial charge on any atom is -0.00625 e. The fourth-order valence-electron chi connectivity index (χ4n) is 1.90. The van der Waals surface area contributed by atoms with Gasteiger partial charge in [0.15, 0.2) is 0 Å². The maximum atomic E-state index is 5.27. The molecule has 0 aromatic heterocycles. The second-order valence-electron chi connectivity index (χ2n) is 4.31. The maximum absolute atomic E-state index is 5.27. The van der Waals surface area contributed by atoms with Gasteiger partial charge in [-0.3, -0.25) is 0 Å². The van der Waals surface area contributed by atoms with Crippen molar-refractivity contribution in [3.8, 4) is 0 Å². The van der Waals surface area contributed by atoms with Gasteiger partial charge >= 0.3 is 0 Å². The van der Waals surface area contributed by atoms with Crippen molar-refractivity contribution < 1.29 is 0 Å². The average Bonchev–Trinajstić information content (AvgIpc) is 2.46. The number of allylic oxidation sites excluding steroid dienone is 5. The minimum atomic E-state index is 0.900. The monoisotopic (exact) mass is 273 g/mol. The van der Waals surface area contributed by atoms with E-state index in [2.05, 4.69) is 55.1 Å². The minimum Gasteiger partial charge on any atom is -0.405 e. The summed E-state index contributed by atoms with van der Waals surface area (Å²) in [7, 11) is 0. The van der Waals surface area contributed by atoms with Gasteiger partial charge in [0, 0.05) is 0 Å². The second kappa shape index (κ2) is 10.5. The summed E-state index contributed by atoms with van der Waals surface area (Å²) in [6.07, 6.45) is 14.2. The van der Waals surface area contributed by atoms with Crippen LogP contribution in [0, 0.1) is 0 Å². The third-order valence-corrected chi connectivity index (χ3v) is 3.10. The molecule has 0 aliphatic heterocycles. The van der Waals surface area contributed by atoms with Gasteiger partial charge in [0.25, 0.3) is 0 Å². The molecule has 1 rings (SSSR count). The Morgan fingerprint density at radius 2 is 1.89 bits per heavy atom. The second-order valence-corrected chi connectivity index (χ2v) is 4.76. The van der Waals surface area contributed by atoms with E-state index in [0.29, 0.717) is 0 Å². The molecule has 0 atom stereocenters. The molecule has 0 saturated carbocycles. The lowest BCUT2D eigenvalue weighted by molar-refractivity contribution is 0.877. The summed E-state index contributed by atoms with van der Waals surface area (Å²) in [4.78, 5) is 0. The zero-order chi connectivity index (χ0) is 13.8. The van der Waals surface area contributed by atoms with Gasteiger partial charge in [0.05, 0.1) is 0 Å². The highest BCUT2D eigenvalue weighted by molar-refractivity contribution is 7.80. The van der Waals surface area contributed by atoms with Gasteiger partial charge in [0.1, 0.15) is 0 Å². The Hall–Kier alpha value is -1.41. The van der Waals surface area contributed by atoms with E-state index in [9.17, 15) is 0 Å². The molecular weight excluding hydrogens is 250 g/mol. The van der Waals surface area contributed by atoms with Crippen molar-refractivity contribution in [2.24, 2.45) is 5.73 Å². The lowest BCUT2D eigenvalue weighted by atomic mass is 9.99. The normalized spacial score (nSPS) is 12.6. The van der Waals surface area contributed by atoms with Gasteiger partial charge < -0.3 is 5.73 Å². The van der Waals surface area contributed by atoms with Crippen LogP contribution >= 0.6 is 12.6 Å². The predicted octanol–water partition coefficient (Wildman–Crippen LogP) is 4.59. The molecule has 1 aromatic rings. The summed E-state index contributed by atoms with van der Waals surface area (Å²) in [5.41, 5.74) is 8.03. The quantitative estimate of drug-likeness (QED) is 0.404. The summed E-state index contributed by atoms with van der Waals surface area (Å²) < 4.78 is 0. The summed E-state index contributed by atoms with van der Waals surface area (Å²) in [6, 6.07) is 10.6. The average molecular weight is 273 g/mol. The van der Waals surface area contributed by atoms with E-state index in [0.717, 1.165) is 31.4 Å². The third kappa shape index (κ3) is 6.92. The number of hydrogen-bond donors (Lipinski definition) is 2. The predicted molar refractivity (Wildman–Crippen MR) is 89.2 cm³/mol. The summed E-state index contributed by atoms with van der Waals surface area (Å²) >= 11 is 4.28. The standard InChI is InChI=1S/C17H23NS/c18-14-8-3-1-2-5-10-17(13-9-15-19)16-11-6-4-7-12-16/h1,3-4,6-8,11-14,19H,2,5,9-10,15,18H2/b3-1-,14-8-,17-13+. The summed E-state index contributed by atoms with van der Waals surface area (Å²) in [6.45, 7) is 0. The van der Waals surface area contributed by atoms with Crippen LogP contribution < -0.4 is 5.73 Å². The number of hydrogen-bond acceptors (Lipinski definition) is 2. The van der Waals surface area contributed by atoms with Gasteiger partial charge in [-0.15, -0.1) is 0 Å². The molecule has 102 valence electrons. The Kier molecular flexibility index (Phi) is 8.65. The van der Waals surface area contributed by atoms with Gasteiger partial charge in [-0.05, 0) is 54.8 Å². The highest BCUT2D eigenvalue weighted by atomic mass is 32.1. The third-order valence-electron chi connectivity index (χ3n) is 2.84. The van der Waals surface area contributed by atoms with Crippen LogP contribution in [0.2, 0.25) is 0 Å². The highest BCUT2D eigenvalue weighted by Crippen LogP contribution is 2.21. The molecule has 0 bridgehead atoms. The van der Waals surface area contributed by atoms with Crippen molar-refractivity contribution in [2.75, 3.05) is 5.75 Å². The van der Waals surface area contributed by atoms with E-state index in [-0.39, 0.29) is 0 Å². The van der Waals surface area contributed by atoms with E-state index in [4.69, 9.17) is 5.73 Å². The van der Waals surface area contributed by atoms with Crippen molar-refractivity contribution in [3.05, 3.63) is 66.4 Å². The van der Waals surface area contributed by atoms with Crippen molar-refractivity contribution in [3.63, 3.8) is 0 Å². The van der Waals surface area contributed by atoms with Gasteiger partial charge in [0.2, 0.25) is 0 Å². The van der Waals surface area contributed by atoms with Crippen LogP contribution in [0.4, 0.5) is 0 Å². The first-order valence-electron chi connectivity index (χ1n) is 6.77. The lowest BCUT2D eigenvalue weighted by Crippen LogP contribution is -1.86. The number of rotatable bonds is 8. The molecule has 0 fully saturated rings. The summed E-state index contributed by atoms with van der Waals surface area (Å²) in [5.74, 6) is 0.900.